The minimum atomic E-state index is 0.0327. The lowest BCUT2D eigenvalue weighted by Crippen LogP contribution is -2.25. The predicted molar refractivity (Wildman–Crippen MR) is 142 cm³/mol. The molecule has 0 spiro atoms. The van der Waals surface area contributed by atoms with E-state index in [0.717, 1.165) is 78.9 Å². The fraction of sp³-hybridized carbons (Fsp3) is 0.444. The third-order valence-electron chi connectivity index (χ3n) is 7.13. The van der Waals surface area contributed by atoms with E-state index in [1.165, 1.54) is 25.9 Å². The van der Waals surface area contributed by atoms with Crippen LogP contribution in [0.5, 0.6) is 0 Å². The van der Waals surface area contributed by atoms with Crippen LogP contribution in [0.2, 0.25) is 0 Å². The van der Waals surface area contributed by atoms with Crippen molar-refractivity contribution in [3.8, 4) is 11.4 Å². The average molecular weight is 500 g/mol. The van der Waals surface area contributed by atoms with Crippen molar-refractivity contribution in [3.63, 3.8) is 0 Å². The fourth-order valence-corrected chi connectivity index (χ4v) is 5.29. The molecule has 1 atom stereocenters. The molecule has 0 amide bonds. The molecule has 6 heterocycles. The number of pyridine rings is 1. The molecule has 0 aromatic carbocycles. The number of nitrogens with one attached hydrogen (secondary N) is 2. The highest BCUT2D eigenvalue weighted by molar-refractivity contribution is 5.56. The molecule has 0 bridgehead atoms. The van der Waals surface area contributed by atoms with E-state index in [1.54, 1.807) is 6.20 Å². The van der Waals surface area contributed by atoms with Crippen LogP contribution in [0.1, 0.15) is 55.3 Å². The fourth-order valence-electron chi connectivity index (χ4n) is 5.29. The van der Waals surface area contributed by atoms with Crippen LogP contribution in [0.15, 0.2) is 47.1 Å². The summed E-state index contributed by atoms with van der Waals surface area (Å²) in [6.07, 6.45) is 8.38. The van der Waals surface area contributed by atoms with Gasteiger partial charge in [0, 0.05) is 42.3 Å². The molecule has 4 aromatic heterocycles. The van der Waals surface area contributed by atoms with Gasteiger partial charge < -0.3 is 19.6 Å². The van der Waals surface area contributed by atoms with Crippen molar-refractivity contribution in [1.82, 2.24) is 35.2 Å². The summed E-state index contributed by atoms with van der Waals surface area (Å²) in [6, 6.07) is 11.8. The van der Waals surface area contributed by atoms with Crippen LogP contribution < -0.4 is 10.2 Å². The third kappa shape index (κ3) is 5.48. The van der Waals surface area contributed by atoms with Crippen LogP contribution in [0.3, 0.4) is 0 Å². The maximum Gasteiger partial charge on any atom is 0.228 e. The second-order valence-electron chi connectivity index (χ2n) is 9.94. The number of H-pyrrole nitrogens is 1. The second-order valence-corrected chi connectivity index (χ2v) is 9.94. The van der Waals surface area contributed by atoms with E-state index in [9.17, 15) is 0 Å². The van der Waals surface area contributed by atoms with E-state index in [-0.39, 0.29) is 6.04 Å². The molecule has 2 fully saturated rings. The van der Waals surface area contributed by atoms with E-state index < -0.39 is 0 Å². The molecule has 2 aliphatic rings. The minimum absolute atomic E-state index is 0.0327. The lowest BCUT2D eigenvalue weighted by molar-refractivity contribution is 0.333. The van der Waals surface area contributed by atoms with Crippen molar-refractivity contribution in [2.75, 3.05) is 36.4 Å². The Balaban J connectivity index is 1.25. The van der Waals surface area contributed by atoms with Gasteiger partial charge in [-0.05, 0) is 77.2 Å². The van der Waals surface area contributed by atoms with Crippen molar-refractivity contribution in [2.45, 2.75) is 51.5 Å². The number of likely N-dealkylation sites (tertiary alicyclic amines) is 1. The largest absolute Gasteiger partial charge is 0.358 e. The lowest BCUT2D eigenvalue weighted by atomic mass is 10.1. The van der Waals surface area contributed by atoms with Gasteiger partial charge in [0.1, 0.15) is 11.5 Å². The van der Waals surface area contributed by atoms with Gasteiger partial charge in [-0.1, -0.05) is 11.2 Å². The van der Waals surface area contributed by atoms with Crippen molar-refractivity contribution >= 4 is 17.6 Å². The molecule has 2 aliphatic heterocycles. The summed E-state index contributed by atoms with van der Waals surface area (Å²) in [4.78, 5) is 19.1. The molecule has 4 aromatic rings. The summed E-state index contributed by atoms with van der Waals surface area (Å²) >= 11 is 0. The molecule has 6 rings (SSSR count). The summed E-state index contributed by atoms with van der Waals surface area (Å²) < 4.78 is 5.81. The van der Waals surface area contributed by atoms with Gasteiger partial charge in [-0.25, -0.2) is 4.98 Å². The SMILES string of the molecule is Cc1cc(Nc2cc(CCCN3CCCC3)nc(N3CCCC3c3cc(-c4ccccn4)no3)n2)n[nH]1. The molecule has 1 unspecified atom stereocenters. The van der Waals surface area contributed by atoms with E-state index in [4.69, 9.17) is 14.5 Å². The van der Waals surface area contributed by atoms with E-state index >= 15 is 0 Å². The Labute approximate surface area is 216 Å². The van der Waals surface area contributed by atoms with Crippen LogP contribution in [0.25, 0.3) is 11.4 Å². The number of hydrogen-bond donors (Lipinski definition) is 2. The first-order valence-electron chi connectivity index (χ1n) is 13.3. The molecule has 2 saturated heterocycles. The monoisotopic (exact) mass is 499 g/mol. The number of aromatic nitrogens is 6. The molecule has 37 heavy (non-hydrogen) atoms. The van der Waals surface area contributed by atoms with Crippen molar-refractivity contribution in [1.29, 1.82) is 0 Å². The van der Waals surface area contributed by atoms with Gasteiger partial charge >= 0.3 is 0 Å². The van der Waals surface area contributed by atoms with Gasteiger partial charge in [0.25, 0.3) is 0 Å². The van der Waals surface area contributed by atoms with Crippen molar-refractivity contribution in [3.05, 3.63) is 59.7 Å². The quantitative estimate of drug-likeness (QED) is 0.339. The van der Waals surface area contributed by atoms with Crippen LogP contribution in [0, 0.1) is 6.92 Å². The molecular formula is C27H33N9O. The van der Waals surface area contributed by atoms with Crippen LogP contribution in [0.4, 0.5) is 17.6 Å². The summed E-state index contributed by atoms with van der Waals surface area (Å²) in [5, 5.41) is 15.0. The third-order valence-corrected chi connectivity index (χ3v) is 7.13. The number of anilines is 3. The lowest BCUT2D eigenvalue weighted by Gasteiger charge is -2.23. The van der Waals surface area contributed by atoms with Crippen molar-refractivity contribution < 1.29 is 4.52 Å². The molecular weight excluding hydrogens is 466 g/mol. The Bertz CT molecular complexity index is 1310. The van der Waals surface area contributed by atoms with E-state index in [0.29, 0.717) is 5.95 Å². The Kier molecular flexibility index (Phi) is 6.81. The standard InChI is InChI=1S/C27H33N9O/c1-19-16-26(33-32-19)30-25-17-20(8-6-14-35-12-4-5-13-35)29-27(31-25)36-15-7-10-23(36)24-18-22(34-37-24)21-9-2-3-11-28-21/h2-3,9,11,16-18,23H,4-8,10,12-15H2,1H3,(H2,29,30,31,32,33). The van der Waals surface area contributed by atoms with Gasteiger partial charge in [-0.3, -0.25) is 10.1 Å². The first-order chi connectivity index (χ1) is 18.2. The predicted octanol–water partition coefficient (Wildman–Crippen LogP) is 4.67. The van der Waals surface area contributed by atoms with E-state index in [2.05, 4.69) is 41.5 Å². The van der Waals surface area contributed by atoms with Crippen LogP contribution in [-0.2, 0) is 6.42 Å². The first-order valence-corrected chi connectivity index (χ1v) is 13.3. The van der Waals surface area contributed by atoms with Gasteiger partial charge in [-0.15, -0.1) is 0 Å². The molecule has 10 nitrogen and oxygen atoms in total. The van der Waals surface area contributed by atoms with Crippen LogP contribution >= 0.6 is 0 Å². The molecule has 0 saturated carbocycles. The normalized spacial score (nSPS) is 18.1. The van der Waals surface area contributed by atoms with Gasteiger partial charge in [0.2, 0.25) is 5.95 Å². The summed E-state index contributed by atoms with van der Waals surface area (Å²) in [5.41, 5.74) is 3.59. The summed E-state index contributed by atoms with van der Waals surface area (Å²) in [5.74, 6) is 3.04. The second kappa shape index (κ2) is 10.7. The zero-order valence-electron chi connectivity index (χ0n) is 21.2. The number of rotatable bonds is 9. The molecule has 0 aliphatic carbocycles. The summed E-state index contributed by atoms with van der Waals surface area (Å²) in [6.45, 7) is 6.39. The number of hydrogen-bond acceptors (Lipinski definition) is 9. The van der Waals surface area contributed by atoms with E-state index in [1.807, 2.05) is 37.3 Å². The Morgan fingerprint density at radius 2 is 1.95 bits per heavy atom. The highest BCUT2D eigenvalue weighted by atomic mass is 16.5. The Morgan fingerprint density at radius 1 is 1.03 bits per heavy atom. The zero-order chi connectivity index (χ0) is 25.0. The highest BCUT2D eigenvalue weighted by Gasteiger charge is 2.32. The maximum atomic E-state index is 5.81. The molecule has 10 heteroatoms. The number of nitrogens with zero attached hydrogens (tertiary/aromatic N) is 7. The average Bonchev–Trinajstić information content (AvgIpc) is 3.72. The number of aryl methyl sites for hydroxylation is 2. The Hall–Kier alpha value is -3.79. The molecule has 0 radical (unpaired) electrons. The highest BCUT2D eigenvalue weighted by Crippen LogP contribution is 2.36. The first kappa shape index (κ1) is 23.6. The molecule has 2 N–H and O–H groups in total. The topological polar surface area (TPSA) is 112 Å². The maximum absolute atomic E-state index is 5.81. The smallest absolute Gasteiger partial charge is 0.228 e. The van der Waals surface area contributed by atoms with Crippen molar-refractivity contribution in [2.24, 2.45) is 0 Å². The molecule has 192 valence electrons. The number of aromatic amines is 1. The van der Waals surface area contributed by atoms with Gasteiger partial charge in [-0.2, -0.15) is 10.1 Å². The Morgan fingerprint density at radius 3 is 2.76 bits per heavy atom. The minimum Gasteiger partial charge on any atom is -0.358 e. The zero-order valence-corrected chi connectivity index (χ0v) is 21.2. The van der Waals surface area contributed by atoms with Gasteiger partial charge in [0.05, 0.1) is 11.7 Å². The summed E-state index contributed by atoms with van der Waals surface area (Å²) in [7, 11) is 0. The van der Waals surface area contributed by atoms with Crippen LogP contribution in [-0.4, -0.2) is 61.4 Å². The van der Waals surface area contributed by atoms with Gasteiger partial charge in [0.15, 0.2) is 11.6 Å².